The van der Waals surface area contributed by atoms with Crippen molar-refractivity contribution in [3.05, 3.63) is 29.8 Å². The van der Waals surface area contributed by atoms with Crippen LogP contribution in [0.2, 0.25) is 0 Å². The van der Waals surface area contributed by atoms with Crippen LogP contribution in [0.25, 0.3) is 17.0 Å². The molecule has 0 fully saturated rings. The Balaban J connectivity index is 2.33. The van der Waals surface area contributed by atoms with Gasteiger partial charge in [0.25, 0.3) is 0 Å². The number of anilines is 1. The van der Waals surface area contributed by atoms with Crippen molar-refractivity contribution in [1.82, 2.24) is 5.16 Å². The molecule has 2 aromatic rings. The number of nitrogen functional groups attached to an aromatic ring is 1. The average molecular weight is 204 g/mol. The lowest BCUT2D eigenvalue weighted by Gasteiger charge is -1.93. The van der Waals surface area contributed by atoms with E-state index in [4.69, 9.17) is 15.4 Å². The van der Waals surface area contributed by atoms with Crippen molar-refractivity contribution in [1.29, 1.82) is 0 Å². The van der Waals surface area contributed by atoms with Gasteiger partial charge in [0.2, 0.25) is 0 Å². The molecule has 3 N–H and O–H groups in total. The zero-order valence-electron chi connectivity index (χ0n) is 8.18. The molecule has 0 saturated heterocycles. The van der Waals surface area contributed by atoms with Crippen molar-refractivity contribution < 1.29 is 9.63 Å². The molecule has 4 nitrogen and oxygen atoms in total. The molecule has 0 spiro atoms. The number of nitrogens with zero attached hydrogens (tertiary/aromatic N) is 1. The van der Waals surface area contributed by atoms with Gasteiger partial charge in [0.1, 0.15) is 0 Å². The zero-order chi connectivity index (χ0) is 10.7. The topological polar surface area (TPSA) is 72.3 Å². The molecule has 0 bridgehead atoms. The first-order valence-corrected chi connectivity index (χ1v) is 4.73. The second kappa shape index (κ2) is 4.14. The molecule has 0 saturated carbocycles. The molecule has 0 radical (unpaired) electrons. The molecular formula is C11H12N2O2. The maximum absolute atomic E-state index is 8.63. The van der Waals surface area contributed by atoms with E-state index in [1.54, 1.807) is 0 Å². The largest absolute Gasteiger partial charge is 0.396 e. The van der Waals surface area contributed by atoms with Crippen molar-refractivity contribution in [2.75, 3.05) is 12.3 Å². The Morgan fingerprint density at radius 1 is 1.47 bits per heavy atom. The lowest BCUT2D eigenvalue weighted by molar-refractivity contribution is 0.303. The molecule has 1 heterocycles. The van der Waals surface area contributed by atoms with Crippen LogP contribution in [0.15, 0.2) is 28.8 Å². The van der Waals surface area contributed by atoms with Gasteiger partial charge < -0.3 is 15.4 Å². The third-order valence-corrected chi connectivity index (χ3v) is 2.13. The smallest absolute Gasteiger partial charge is 0.174 e. The van der Waals surface area contributed by atoms with Crippen LogP contribution >= 0.6 is 0 Å². The van der Waals surface area contributed by atoms with Gasteiger partial charge >= 0.3 is 0 Å². The second-order valence-corrected chi connectivity index (χ2v) is 3.24. The minimum absolute atomic E-state index is 0.161. The molecule has 0 atom stereocenters. The first-order chi connectivity index (χ1) is 7.31. The number of benzene rings is 1. The zero-order valence-corrected chi connectivity index (χ0v) is 8.18. The van der Waals surface area contributed by atoms with E-state index in [1.807, 2.05) is 30.4 Å². The molecule has 0 amide bonds. The van der Waals surface area contributed by atoms with Gasteiger partial charge in [-0.05, 0) is 24.1 Å². The Labute approximate surface area is 87.0 Å². The fourth-order valence-electron chi connectivity index (χ4n) is 1.37. The number of fused-ring (bicyclic) bond motifs is 1. The standard InChI is InChI=1S/C11H12N2O2/c12-11-9-7-8(3-1-2-6-14)4-5-10(9)15-13-11/h1,3-5,7,14H,2,6H2,(H2,12,13). The number of rotatable bonds is 3. The highest BCUT2D eigenvalue weighted by Gasteiger charge is 2.03. The van der Waals surface area contributed by atoms with Crippen molar-refractivity contribution in [3.8, 4) is 0 Å². The average Bonchev–Trinajstić information content (AvgIpc) is 2.61. The van der Waals surface area contributed by atoms with Crippen molar-refractivity contribution in [2.45, 2.75) is 6.42 Å². The summed E-state index contributed by atoms with van der Waals surface area (Å²) in [5.74, 6) is 0.405. The number of hydrogen-bond donors (Lipinski definition) is 2. The third-order valence-electron chi connectivity index (χ3n) is 2.13. The van der Waals surface area contributed by atoms with E-state index in [0.29, 0.717) is 17.8 Å². The van der Waals surface area contributed by atoms with Gasteiger partial charge in [-0.15, -0.1) is 0 Å². The maximum atomic E-state index is 8.63. The van der Waals surface area contributed by atoms with E-state index in [0.717, 1.165) is 10.9 Å². The first kappa shape index (κ1) is 9.73. The summed E-state index contributed by atoms with van der Waals surface area (Å²) < 4.78 is 4.99. The molecule has 15 heavy (non-hydrogen) atoms. The molecule has 2 rings (SSSR count). The normalized spacial score (nSPS) is 11.5. The molecule has 0 unspecified atom stereocenters. The van der Waals surface area contributed by atoms with E-state index in [9.17, 15) is 0 Å². The second-order valence-electron chi connectivity index (χ2n) is 3.24. The van der Waals surface area contributed by atoms with Crippen LogP contribution in [0.5, 0.6) is 0 Å². The number of hydrogen-bond acceptors (Lipinski definition) is 4. The number of nitrogens with two attached hydrogens (primary N) is 1. The van der Waals surface area contributed by atoms with E-state index in [2.05, 4.69) is 5.16 Å². The van der Waals surface area contributed by atoms with Gasteiger partial charge in [0.15, 0.2) is 11.4 Å². The van der Waals surface area contributed by atoms with Crippen molar-refractivity contribution in [3.63, 3.8) is 0 Å². The lowest BCUT2D eigenvalue weighted by atomic mass is 10.1. The molecule has 0 aliphatic rings. The van der Waals surface area contributed by atoms with Crippen LogP contribution in [-0.4, -0.2) is 16.9 Å². The van der Waals surface area contributed by atoms with E-state index < -0.39 is 0 Å². The predicted molar refractivity (Wildman–Crippen MR) is 59.2 cm³/mol. The monoisotopic (exact) mass is 204 g/mol. The highest BCUT2D eigenvalue weighted by molar-refractivity contribution is 5.88. The molecule has 1 aromatic heterocycles. The van der Waals surface area contributed by atoms with Crippen LogP contribution in [0, 0.1) is 0 Å². The highest BCUT2D eigenvalue weighted by atomic mass is 16.5. The molecule has 1 aromatic carbocycles. The van der Waals surface area contributed by atoms with Crippen molar-refractivity contribution >= 4 is 22.9 Å². The number of aliphatic hydroxyl groups excluding tert-OH is 1. The molecular weight excluding hydrogens is 192 g/mol. The van der Waals surface area contributed by atoms with E-state index in [1.165, 1.54) is 0 Å². The molecule has 4 heteroatoms. The van der Waals surface area contributed by atoms with Crippen LogP contribution in [0.1, 0.15) is 12.0 Å². The van der Waals surface area contributed by atoms with Crippen LogP contribution in [0.4, 0.5) is 5.82 Å². The number of aliphatic hydroxyl groups is 1. The Morgan fingerprint density at radius 2 is 2.33 bits per heavy atom. The number of aromatic nitrogens is 1. The Kier molecular flexibility index (Phi) is 2.69. The van der Waals surface area contributed by atoms with Crippen LogP contribution in [0.3, 0.4) is 0 Å². The van der Waals surface area contributed by atoms with E-state index in [-0.39, 0.29) is 6.61 Å². The Bertz CT molecular complexity index is 488. The fourth-order valence-corrected chi connectivity index (χ4v) is 1.37. The summed E-state index contributed by atoms with van der Waals surface area (Å²) in [6.07, 6.45) is 4.49. The summed E-state index contributed by atoms with van der Waals surface area (Å²) in [7, 11) is 0. The Morgan fingerprint density at radius 3 is 3.13 bits per heavy atom. The molecule has 78 valence electrons. The van der Waals surface area contributed by atoms with E-state index >= 15 is 0 Å². The SMILES string of the molecule is Nc1noc2ccc(C=CCCO)cc12. The quantitative estimate of drug-likeness (QED) is 0.799. The summed E-state index contributed by atoms with van der Waals surface area (Å²) >= 11 is 0. The third kappa shape index (κ3) is 1.99. The molecule has 0 aliphatic carbocycles. The summed E-state index contributed by atoms with van der Waals surface area (Å²) in [4.78, 5) is 0. The van der Waals surface area contributed by atoms with Gasteiger partial charge in [-0.3, -0.25) is 0 Å². The summed E-state index contributed by atoms with van der Waals surface area (Å²) in [6.45, 7) is 0.161. The van der Waals surface area contributed by atoms with Gasteiger partial charge in [0.05, 0.1) is 5.39 Å². The lowest BCUT2D eigenvalue weighted by Crippen LogP contribution is -1.83. The summed E-state index contributed by atoms with van der Waals surface area (Å²) in [5.41, 5.74) is 7.34. The maximum Gasteiger partial charge on any atom is 0.174 e. The highest BCUT2D eigenvalue weighted by Crippen LogP contribution is 2.21. The fraction of sp³-hybridized carbons (Fsp3) is 0.182. The predicted octanol–water partition coefficient (Wildman–Crippen LogP) is 1.81. The van der Waals surface area contributed by atoms with Gasteiger partial charge in [-0.2, -0.15) is 0 Å². The summed E-state index contributed by atoms with van der Waals surface area (Å²) in [6, 6.07) is 5.66. The van der Waals surface area contributed by atoms with Gasteiger partial charge in [-0.25, -0.2) is 0 Å². The van der Waals surface area contributed by atoms with Gasteiger partial charge in [0, 0.05) is 6.61 Å². The van der Waals surface area contributed by atoms with Crippen molar-refractivity contribution in [2.24, 2.45) is 0 Å². The van der Waals surface area contributed by atoms with Crippen LogP contribution < -0.4 is 5.73 Å². The minimum atomic E-state index is 0.161. The Hall–Kier alpha value is -1.81. The van der Waals surface area contributed by atoms with Gasteiger partial charge in [-0.1, -0.05) is 23.4 Å². The first-order valence-electron chi connectivity index (χ1n) is 4.73. The summed E-state index contributed by atoms with van der Waals surface area (Å²) in [5, 5.41) is 13.1. The van der Waals surface area contributed by atoms with Crippen LogP contribution in [-0.2, 0) is 0 Å². The molecule has 0 aliphatic heterocycles. The minimum Gasteiger partial charge on any atom is -0.396 e.